The summed E-state index contributed by atoms with van der Waals surface area (Å²) >= 11 is 0. The minimum atomic E-state index is -0.131. The van der Waals surface area contributed by atoms with E-state index in [1.807, 2.05) is 38.1 Å². The molecule has 0 radical (unpaired) electrons. The van der Waals surface area contributed by atoms with Crippen molar-refractivity contribution in [2.45, 2.75) is 26.3 Å². The molecule has 0 heterocycles. The van der Waals surface area contributed by atoms with Crippen molar-refractivity contribution < 1.29 is 9.63 Å². The van der Waals surface area contributed by atoms with Gasteiger partial charge in [0.2, 0.25) is 0 Å². The Balaban J connectivity index is 2.70. The lowest BCUT2D eigenvalue weighted by atomic mass is 10.0. The molecule has 1 atom stereocenters. The van der Waals surface area contributed by atoms with Crippen molar-refractivity contribution in [2.24, 2.45) is 5.16 Å². The van der Waals surface area contributed by atoms with Crippen molar-refractivity contribution in [2.75, 3.05) is 13.7 Å². The molecule has 0 fully saturated rings. The number of hydrogen-bond acceptors (Lipinski definition) is 4. The number of aldehydes is 1. The minimum Gasteiger partial charge on any atom is -0.396 e. The van der Waals surface area contributed by atoms with Crippen molar-refractivity contribution in [3.63, 3.8) is 0 Å². The first-order valence-electron chi connectivity index (χ1n) is 6.09. The van der Waals surface area contributed by atoms with Crippen LogP contribution in [0.4, 0.5) is 0 Å². The molecule has 1 aromatic rings. The van der Waals surface area contributed by atoms with Crippen LogP contribution in [0.2, 0.25) is 0 Å². The number of hydrogen-bond donors (Lipinski definition) is 1. The first kappa shape index (κ1) is 14.4. The van der Waals surface area contributed by atoms with Gasteiger partial charge in [0.15, 0.2) is 0 Å². The van der Waals surface area contributed by atoms with Gasteiger partial charge in [-0.25, -0.2) is 0 Å². The van der Waals surface area contributed by atoms with E-state index in [9.17, 15) is 4.79 Å². The van der Waals surface area contributed by atoms with E-state index in [0.29, 0.717) is 13.0 Å². The molecule has 0 aliphatic heterocycles. The topological polar surface area (TPSA) is 50.7 Å². The molecule has 0 saturated carbocycles. The molecule has 0 spiro atoms. The molecule has 0 saturated heterocycles. The van der Waals surface area contributed by atoms with Crippen molar-refractivity contribution in [3.8, 4) is 0 Å². The SMILES string of the molecule is CCO/N=C(/C)c1ccc(CC(C=O)NC)cc1. The second-order valence-corrected chi connectivity index (χ2v) is 4.03. The van der Waals surface area contributed by atoms with E-state index >= 15 is 0 Å². The molecule has 0 aliphatic rings. The predicted molar refractivity (Wildman–Crippen MR) is 72.9 cm³/mol. The Hall–Kier alpha value is -1.68. The first-order chi connectivity index (χ1) is 8.71. The Morgan fingerprint density at radius 3 is 2.61 bits per heavy atom. The molecule has 0 bridgehead atoms. The molecule has 4 nitrogen and oxygen atoms in total. The Bertz CT molecular complexity index is 399. The third-order valence-corrected chi connectivity index (χ3v) is 2.69. The quantitative estimate of drug-likeness (QED) is 0.454. The van der Waals surface area contributed by atoms with Crippen LogP contribution in [0.5, 0.6) is 0 Å². The van der Waals surface area contributed by atoms with Gasteiger partial charge in [0.25, 0.3) is 0 Å². The van der Waals surface area contributed by atoms with Crippen molar-refractivity contribution in [1.82, 2.24) is 5.32 Å². The molecule has 1 rings (SSSR count). The summed E-state index contributed by atoms with van der Waals surface area (Å²) < 4.78 is 0. The van der Waals surface area contributed by atoms with E-state index < -0.39 is 0 Å². The zero-order valence-corrected chi connectivity index (χ0v) is 11.1. The van der Waals surface area contributed by atoms with Crippen LogP contribution in [0.15, 0.2) is 29.4 Å². The van der Waals surface area contributed by atoms with E-state index in [-0.39, 0.29) is 6.04 Å². The summed E-state index contributed by atoms with van der Waals surface area (Å²) in [5.41, 5.74) is 3.00. The highest BCUT2D eigenvalue weighted by atomic mass is 16.6. The van der Waals surface area contributed by atoms with Gasteiger partial charge in [-0.1, -0.05) is 29.4 Å². The first-order valence-corrected chi connectivity index (χ1v) is 6.09. The fourth-order valence-corrected chi connectivity index (χ4v) is 1.57. The average Bonchev–Trinajstić information content (AvgIpc) is 2.42. The number of nitrogens with zero attached hydrogens (tertiary/aromatic N) is 1. The molecule has 98 valence electrons. The molecule has 1 aromatic carbocycles. The summed E-state index contributed by atoms with van der Waals surface area (Å²) in [6.45, 7) is 4.38. The second-order valence-electron chi connectivity index (χ2n) is 4.03. The van der Waals surface area contributed by atoms with Crippen LogP contribution in [0.3, 0.4) is 0 Å². The molecule has 0 aromatic heterocycles. The highest BCUT2D eigenvalue weighted by Gasteiger charge is 2.05. The number of carbonyl (C=O) groups is 1. The van der Waals surface area contributed by atoms with E-state index in [4.69, 9.17) is 4.84 Å². The number of rotatable bonds is 7. The van der Waals surface area contributed by atoms with Gasteiger partial charge in [0.05, 0.1) is 11.8 Å². The summed E-state index contributed by atoms with van der Waals surface area (Å²) in [7, 11) is 1.78. The van der Waals surface area contributed by atoms with Crippen LogP contribution in [-0.4, -0.2) is 31.7 Å². The largest absolute Gasteiger partial charge is 0.396 e. The maximum atomic E-state index is 10.7. The second kappa shape index (κ2) is 7.61. The van der Waals surface area contributed by atoms with Crippen LogP contribution in [0.1, 0.15) is 25.0 Å². The van der Waals surface area contributed by atoms with Gasteiger partial charge in [-0.2, -0.15) is 0 Å². The fraction of sp³-hybridized carbons (Fsp3) is 0.429. The van der Waals surface area contributed by atoms with Gasteiger partial charge in [-0.15, -0.1) is 0 Å². The number of benzene rings is 1. The molecule has 0 aliphatic carbocycles. The lowest BCUT2D eigenvalue weighted by molar-refractivity contribution is -0.109. The third-order valence-electron chi connectivity index (χ3n) is 2.69. The van der Waals surface area contributed by atoms with Crippen LogP contribution >= 0.6 is 0 Å². The van der Waals surface area contributed by atoms with Gasteiger partial charge < -0.3 is 14.9 Å². The van der Waals surface area contributed by atoms with Gasteiger partial charge in [0, 0.05) is 0 Å². The van der Waals surface area contributed by atoms with Crippen LogP contribution in [0, 0.1) is 0 Å². The van der Waals surface area contributed by atoms with Gasteiger partial charge in [0.1, 0.15) is 12.9 Å². The Morgan fingerprint density at radius 2 is 2.11 bits per heavy atom. The van der Waals surface area contributed by atoms with E-state index in [1.165, 1.54) is 0 Å². The normalized spacial score (nSPS) is 13.2. The lowest BCUT2D eigenvalue weighted by Gasteiger charge is -2.09. The molecule has 0 amide bonds. The predicted octanol–water partition coefficient (Wildman–Crippen LogP) is 1.78. The molecule has 18 heavy (non-hydrogen) atoms. The number of oxime groups is 1. The summed E-state index contributed by atoms with van der Waals surface area (Å²) in [6, 6.07) is 7.87. The van der Waals surface area contributed by atoms with Crippen molar-refractivity contribution in [3.05, 3.63) is 35.4 Å². The maximum absolute atomic E-state index is 10.7. The molecule has 1 unspecified atom stereocenters. The van der Waals surface area contributed by atoms with Crippen LogP contribution < -0.4 is 5.32 Å². The minimum absolute atomic E-state index is 0.131. The monoisotopic (exact) mass is 248 g/mol. The Morgan fingerprint density at radius 1 is 1.44 bits per heavy atom. The zero-order valence-electron chi connectivity index (χ0n) is 11.1. The number of carbonyl (C=O) groups excluding carboxylic acids is 1. The lowest BCUT2D eigenvalue weighted by Crippen LogP contribution is -2.28. The van der Waals surface area contributed by atoms with Crippen molar-refractivity contribution in [1.29, 1.82) is 0 Å². The molecule has 4 heteroatoms. The third kappa shape index (κ3) is 4.30. The molecule has 1 N–H and O–H groups in total. The summed E-state index contributed by atoms with van der Waals surface area (Å²) in [4.78, 5) is 15.7. The summed E-state index contributed by atoms with van der Waals surface area (Å²) in [5.74, 6) is 0. The van der Waals surface area contributed by atoms with Gasteiger partial charge in [-0.3, -0.25) is 0 Å². The summed E-state index contributed by atoms with van der Waals surface area (Å²) in [5, 5.41) is 6.94. The smallest absolute Gasteiger partial charge is 0.137 e. The molecular weight excluding hydrogens is 228 g/mol. The van der Waals surface area contributed by atoms with Crippen LogP contribution in [0.25, 0.3) is 0 Å². The summed E-state index contributed by atoms with van der Waals surface area (Å²) in [6.07, 6.45) is 1.62. The molecular formula is C14H20N2O2. The standard InChI is InChI=1S/C14H20N2O2/c1-4-18-16-11(2)13-7-5-12(6-8-13)9-14(10-17)15-3/h5-8,10,14-15H,4,9H2,1-3H3/b16-11-. The number of nitrogens with one attached hydrogen (secondary N) is 1. The van der Waals surface area contributed by atoms with Gasteiger partial charge in [-0.05, 0) is 38.4 Å². The Labute approximate surface area is 108 Å². The zero-order chi connectivity index (χ0) is 13.4. The highest BCUT2D eigenvalue weighted by Crippen LogP contribution is 2.08. The highest BCUT2D eigenvalue weighted by molar-refractivity contribution is 5.98. The van der Waals surface area contributed by atoms with E-state index in [0.717, 1.165) is 23.1 Å². The fourth-order valence-electron chi connectivity index (χ4n) is 1.57. The van der Waals surface area contributed by atoms with Gasteiger partial charge >= 0.3 is 0 Å². The van der Waals surface area contributed by atoms with E-state index in [2.05, 4.69) is 10.5 Å². The Kier molecular flexibility index (Phi) is 6.08. The average molecular weight is 248 g/mol. The van der Waals surface area contributed by atoms with Crippen molar-refractivity contribution >= 4 is 12.0 Å². The maximum Gasteiger partial charge on any atom is 0.137 e. The van der Waals surface area contributed by atoms with E-state index in [1.54, 1.807) is 7.05 Å². The van der Waals surface area contributed by atoms with Crippen LogP contribution in [-0.2, 0) is 16.1 Å². The number of likely N-dealkylation sites (N-methyl/N-ethyl adjacent to an activating group) is 1.